The predicted molar refractivity (Wildman–Crippen MR) is 74.5 cm³/mol. The van der Waals surface area contributed by atoms with E-state index in [1.807, 2.05) is 19.1 Å². The van der Waals surface area contributed by atoms with Crippen LogP contribution in [0.1, 0.15) is 11.1 Å². The van der Waals surface area contributed by atoms with Crippen molar-refractivity contribution in [1.82, 2.24) is 15.3 Å². The van der Waals surface area contributed by atoms with Crippen molar-refractivity contribution in [3.05, 3.63) is 35.8 Å². The number of hydrogen-bond acceptors (Lipinski definition) is 5. The normalized spacial score (nSPS) is 11.6. The Kier molecular flexibility index (Phi) is 3.23. The molecule has 18 heavy (non-hydrogen) atoms. The second kappa shape index (κ2) is 4.83. The molecule has 2 rings (SSSR count). The van der Waals surface area contributed by atoms with Crippen molar-refractivity contribution in [2.24, 2.45) is 0 Å². The highest BCUT2D eigenvalue weighted by molar-refractivity contribution is 6.10. The average Bonchev–Trinajstić information content (AvgIpc) is 2.37. The Hall–Kier alpha value is -2.43. The van der Waals surface area contributed by atoms with Crippen LogP contribution in [-0.4, -0.2) is 23.2 Å². The van der Waals surface area contributed by atoms with E-state index in [4.69, 9.17) is 11.1 Å². The lowest BCUT2D eigenvalue weighted by Gasteiger charge is -2.10. The Morgan fingerprint density at radius 1 is 1.39 bits per heavy atom. The quantitative estimate of drug-likeness (QED) is 0.714. The number of rotatable bonds is 3. The second-order valence-electron chi connectivity index (χ2n) is 3.92. The van der Waals surface area contributed by atoms with Crippen molar-refractivity contribution >= 4 is 28.5 Å². The zero-order valence-electron chi connectivity index (χ0n) is 10.4. The highest BCUT2D eigenvalue weighted by atomic mass is 14.9. The third-order valence-corrected chi connectivity index (χ3v) is 2.86. The van der Waals surface area contributed by atoms with Crippen LogP contribution in [0.15, 0.2) is 24.7 Å². The van der Waals surface area contributed by atoms with Crippen molar-refractivity contribution in [1.29, 1.82) is 5.41 Å². The maximum atomic E-state index is 7.46. The minimum atomic E-state index is 0.466. The molecule has 0 aliphatic heterocycles. The van der Waals surface area contributed by atoms with Gasteiger partial charge in [-0.05, 0) is 24.1 Å². The molecule has 0 saturated heterocycles. The fourth-order valence-electron chi connectivity index (χ4n) is 2.01. The first kappa shape index (κ1) is 12.0. The molecule has 0 unspecified atom stereocenters. The molecule has 1 aromatic heterocycles. The molecule has 5 nitrogen and oxygen atoms in total. The van der Waals surface area contributed by atoms with E-state index in [1.54, 1.807) is 13.2 Å². The molecule has 0 aliphatic rings. The summed E-state index contributed by atoms with van der Waals surface area (Å²) in [5.74, 6) is 0.466. The highest BCUT2D eigenvalue weighted by Gasteiger charge is 2.10. The predicted octanol–water partition coefficient (Wildman–Crippen LogP) is 1.73. The molecule has 0 aliphatic carbocycles. The zero-order valence-corrected chi connectivity index (χ0v) is 10.4. The molecule has 0 radical (unpaired) electrons. The van der Waals surface area contributed by atoms with Crippen molar-refractivity contribution < 1.29 is 0 Å². The van der Waals surface area contributed by atoms with E-state index in [0.29, 0.717) is 5.82 Å². The summed E-state index contributed by atoms with van der Waals surface area (Å²) in [6.45, 7) is 1.96. The van der Waals surface area contributed by atoms with Gasteiger partial charge in [0.25, 0.3) is 0 Å². The molecule has 0 saturated carbocycles. The van der Waals surface area contributed by atoms with Crippen LogP contribution >= 0.6 is 0 Å². The van der Waals surface area contributed by atoms with Crippen molar-refractivity contribution in [3.8, 4) is 0 Å². The van der Waals surface area contributed by atoms with Crippen LogP contribution in [0.4, 0.5) is 5.82 Å². The lowest BCUT2D eigenvalue weighted by atomic mass is 9.98. The van der Waals surface area contributed by atoms with E-state index in [2.05, 4.69) is 15.3 Å². The van der Waals surface area contributed by atoms with Crippen LogP contribution in [0.2, 0.25) is 0 Å². The molecule has 0 amide bonds. The minimum Gasteiger partial charge on any atom is -0.393 e. The van der Waals surface area contributed by atoms with Crippen LogP contribution in [0.5, 0.6) is 0 Å². The molecule has 4 N–H and O–H groups in total. The molecule has 0 bridgehead atoms. The van der Waals surface area contributed by atoms with Gasteiger partial charge < -0.3 is 16.5 Å². The SMILES string of the molecule is CN/C=C(\C=N)c1ccc2ncnc(N)c2c1C. The molecule has 1 heterocycles. The molecule has 2 aromatic rings. The number of aryl methyl sites for hydroxylation is 1. The van der Waals surface area contributed by atoms with Gasteiger partial charge in [-0.15, -0.1) is 0 Å². The number of hydrogen-bond donors (Lipinski definition) is 3. The number of nitrogen functional groups attached to an aromatic ring is 1. The van der Waals surface area contributed by atoms with E-state index in [0.717, 1.165) is 27.6 Å². The number of allylic oxidation sites excluding steroid dienone is 1. The summed E-state index contributed by atoms with van der Waals surface area (Å²) in [6.07, 6.45) is 4.55. The van der Waals surface area contributed by atoms with Crippen LogP contribution in [-0.2, 0) is 0 Å². The summed E-state index contributed by atoms with van der Waals surface area (Å²) < 4.78 is 0. The molecule has 5 heteroatoms. The van der Waals surface area contributed by atoms with Crippen LogP contribution in [0.3, 0.4) is 0 Å². The van der Waals surface area contributed by atoms with Gasteiger partial charge in [0, 0.05) is 30.4 Å². The number of benzene rings is 1. The molecule has 0 spiro atoms. The minimum absolute atomic E-state index is 0.466. The van der Waals surface area contributed by atoms with E-state index >= 15 is 0 Å². The topological polar surface area (TPSA) is 87.7 Å². The Morgan fingerprint density at radius 2 is 2.17 bits per heavy atom. The lowest BCUT2D eigenvalue weighted by Crippen LogP contribution is -2.01. The Bertz CT molecular complexity index is 631. The van der Waals surface area contributed by atoms with Crippen LogP contribution in [0, 0.1) is 12.3 Å². The standard InChI is InChI=1S/C13H15N5/c1-8-10(9(5-14)6-16-2)3-4-11-12(8)13(15)18-7-17-11/h3-7,14,16H,1-2H3,(H2,15,17,18)/b9-6+,14-5?. The van der Waals surface area contributed by atoms with Gasteiger partial charge in [-0.25, -0.2) is 9.97 Å². The largest absolute Gasteiger partial charge is 0.393 e. The third kappa shape index (κ3) is 1.90. The number of nitrogens with two attached hydrogens (primary N) is 1. The maximum Gasteiger partial charge on any atom is 0.134 e. The average molecular weight is 241 g/mol. The Balaban J connectivity index is 2.75. The Labute approximate surface area is 105 Å². The summed E-state index contributed by atoms with van der Waals surface area (Å²) in [5, 5.41) is 11.2. The Morgan fingerprint density at radius 3 is 2.83 bits per heavy atom. The van der Waals surface area contributed by atoms with E-state index in [1.165, 1.54) is 12.5 Å². The van der Waals surface area contributed by atoms with Crippen LogP contribution < -0.4 is 11.1 Å². The van der Waals surface area contributed by atoms with Gasteiger partial charge in [0.1, 0.15) is 12.1 Å². The number of nitrogens with zero attached hydrogens (tertiary/aromatic N) is 2. The van der Waals surface area contributed by atoms with Crippen LogP contribution in [0.25, 0.3) is 16.5 Å². The first-order valence-corrected chi connectivity index (χ1v) is 5.57. The van der Waals surface area contributed by atoms with Gasteiger partial charge in [0.15, 0.2) is 0 Å². The second-order valence-corrected chi connectivity index (χ2v) is 3.92. The summed E-state index contributed by atoms with van der Waals surface area (Å²) in [5.41, 5.74) is 9.44. The number of anilines is 1. The maximum absolute atomic E-state index is 7.46. The summed E-state index contributed by atoms with van der Waals surface area (Å²) in [7, 11) is 1.80. The van der Waals surface area contributed by atoms with Crippen molar-refractivity contribution in [3.63, 3.8) is 0 Å². The molecule has 1 aromatic carbocycles. The number of nitrogens with one attached hydrogen (secondary N) is 2. The lowest BCUT2D eigenvalue weighted by molar-refractivity contribution is 1.11. The number of aromatic nitrogens is 2. The smallest absolute Gasteiger partial charge is 0.134 e. The van der Waals surface area contributed by atoms with Gasteiger partial charge >= 0.3 is 0 Å². The van der Waals surface area contributed by atoms with Gasteiger partial charge in [-0.1, -0.05) is 6.07 Å². The fourth-order valence-corrected chi connectivity index (χ4v) is 2.01. The van der Waals surface area contributed by atoms with Crippen molar-refractivity contribution in [2.75, 3.05) is 12.8 Å². The molecule has 92 valence electrons. The zero-order chi connectivity index (χ0) is 13.1. The molecular formula is C13H15N5. The van der Waals surface area contributed by atoms with E-state index in [9.17, 15) is 0 Å². The molecular weight excluding hydrogens is 226 g/mol. The van der Waals surface area contributed by atoms with E-state index in [-0.39, 0.29) is 0 Å². The van der Waals surface area contributed by atoms with Crippen molar-refractivity contribution in [2.45, 2.75) is 6.92 Å². The van der Waals surface area contributed by atoms with Gasteiger partial charge in [0.2, 0.25) is 0 Å². The third-order valence-electron chi connectivity index (χ3n) is 2.86. The first-order chi connectivity index (χ1) is 8.69. The summed E-state index contributed by atoms with van der Waals surface area (Å²) in [4.78, 5) is 8.21. The fraction of sp³-hybridized carbons (Fsp3) is 0.154. The highest BCUT2D eigenvalue weighted by Crippen LogP contribution is 2.27. The van der Waals surface area contributed by atoms with E-state index < -0.39 is 0 Å². The first-order valence-electron chi connectivity index (χ1n) is 5.57. The molecule has 0 fully saturated rings. The van der Waals surface area contributed by atoms with Gasteiger partial charge in [-0.2, -0.15) is 0 Å². The van der Waals surface area contributed by atoms with Gasteiger partial charge in [-0.3, -0.25) is 0 Å². The monoisotopic (exact) mass is 241 g/mol. The number of fused-ring (bicyclic) bond motifs is 1. The van der Waals surface area contributed by atoms with Gasteiger partial charge in [0.05, 0.1) is 5.52 Å². The summed E-state index contributed by atoms with van der Waals surface area (Å²) >= 11 is 0. The summed E-state index contributed by atoms with van der Waals surface area (Å²) in [6, 6.07) is 3.83. The molecule has 0 atom stereocenters.